The lowest BCUT2D eigenvalue weighted by Crippen LogP contribution is -2.61. The monoisotopic (exact) mass is 1400 g/mol. The van der Waals surface area contributed by atoms with E-state index in [1.165, 1.54) is 50.7 Å². The molecule has 0 radical (unpaired) electrons. The minimum absolute atomic E-state index is 0.00482. The molecule has 28 nitrogen and oxygen atoms in total. The zero-order valence-corrected chi connectivity index (χ0v) is 58.0. The second-order valence-corrected chi connectivity index (χ2v) is 27.3. The number of likely N-dealkylation sites (tertiary alicyclic amines) is 3. The van der Waals surface area contributed by atoms with Crippen LogP contribution in [0.15, 0.2) is 78.9 Å². The highest BCUT2D eigenvalue weighted by Crippen LogP contribution is 2.30. The van der Waals surface area contributed by atoms with Crippen molar-refractivity contribution in [3.63, 3.8) is 0 Å². The third-order valence-electron chi connectivity index (χ3n) is 18.3. The van der Waals surface area contributed by atoms with Crippen molar-refractivity contribution in [3.8, 4) is 11.5 Å². The van der Waals surface area contributed by atoms with E-state index in [4.69, 9.17) is 11.5 Å². The molecular formula is C70H100N12O16S. The van der Waals surface area contributed by atoms with E-state index in [2.05, 4.69) is 37.2 Å². The van der Waals surface area contributed by atoms with Crippen LogP contribution in [0.2, 0.25) is 0 Å². The third kappa shape index (κ3) is 23.7. The number of thioether (sulfide) groups is 1. The van der Waals surface area contributed by atoms with Gasteiger partial charge in [0.05, 0.1) is 6.04 Å². The molecule has 29 heteroatoms. The quantitative estimate of drug-likeness (QED) is 0.0363. The summed E-state index contributed by atoms with van der Waals surface area (Å²) in [6.45, 7) is 8.06. The normalized spacial score (nSPS) is 18.7. The Bertz CT molecular complexity index is 3260. The van der Waals surface area contributed by atoms with E-state index in [1.807, 2.05) is 13.8 Å². The van der Waals surface area contributed by atoms with Gasteiger partial charge < -0.3 is 83.8 Å². The number of nitrogens with zero attached hydrogens (tertiary/aromatic N) is 3. The molecule has 0 aromatic heterocycles. The maximum atomic E-state index is 14.9. The first-order valence-electron chi connectivity index (χ1n) is 34.3. The lowest BCUT2D eigenvalue weighted by Gasteiger charge is -2.35. The van der Waals surface area contributed by atoms with Crippen molar-refractivity contribution in [1.82, 2.24) is 51.9 Å². The number of hydrogen-bond donors (Lipinski definition) is 13. The van der Waals surface area contributed by atoms with Crippen molar-refractivity contribution < 1.29 is 78.0 Å². The average molecular weight is 1400 g/mol. The fourth-order valence-corrected chi connectivity index (χ4v) is 13.1. The molecule has 12 atom stereocenters. The molecule has 3 aromatic carbocycles. The van der Waals surface area contributed by atoms with Crippen LogP contribution in [-0.4, -0.2) is 211 Å². The number of aliphatic carboxylic acids is 2. The number of hydrogen-bond acceptors (Lipinski definition) is 17. The Hall–Kier alpha value is -8.83. The van der Waals surface area contributed by atoms with Gasteiger partial charge in [0, 0.05) is 45.3 Å². The van der Waals surface area contributed by atoms with E-state index >= 15 is 0 Å². The third-order valence-corrected chi connectivity index (χ3v) is 19.0. The molecule has 6 rings (SSSR count). The number of benzene rings is 3. The van der Waals surface area contributed by atoms with Crippen molar-refractivity contribution in [2.45, 2.75) is 203 Å². The molecule has 0 saturated carbocycles. The summed E-state index contributed by atoms with van der Waals surface area (Å²) >= 11 is 1.35. The van der Waals surface area contributed by atoms with E-state index in [9.17, 15) is 78.0 Å². The van der Waals surface area contributed by atoms with Crippen LogP contribution >= 0.6 is 11.8 Å². The molecule has 3 fully saturated rings. The van der Waals surface area contributed by atoms with Gasteiger partial charge in [-0.2, -0.15) is 11.8 Å². The van der Waals surface area contributed by atoms with E-state index in [0.29, 0.717) is 73.9 Å². The molecule has 542 valence electrons. The van der Waals surface area contributed by atoms with Crippen LogP contribution in [-0.2, 0) is 76.8 Å². The van der Waals surface area contributed by atoms with Gasteiger partial charge >= 0.3 is 11.9 Å². The van der Waals surface area contributed by atoms with Crippen LogP contribution in [0.4, 0.5) is 0 Å². The summed E-state index contributed by atoms with van der Waals surface area (Å²) < 4.78 is 0. The van der Waals surface area contributed by atoms with Crippen LogP contribution in [0.1, 0.15) is 134 Å². The van der Waals surface area contributed by atoms with Gasteiger partial charge in [-0.3, -0.25) is 52.7 Å². The second kappa shape index (κ2) is 39.1. The van der Waals surface area contributed by atoms with Gasteiger partial charge in [0.15, 0.2) is 0 Å². The number of phenolic OH excluding ortho intramolecular Hbond substituents is 2. The van der Waals surface area contributed by atoms with Gasteiger partial charge in [-0.25, -0.2) is 4.79 Å². The van der Waals surface area contributed by atoms with E-state index in [0.717, 1.165) is 0 Å². The first-order chi connectivity index (χ1) is 47.2. The Kier molecular flexibility index (Phi) is 31.3. The van der Waals surface area contributed by atoms with Gasteiger partial charge in [-0.15, -0.1) is 0 Å². The molecule has 3 aromatic rings. The highest BCUT2D eigenvalue weighted by Gasteiger charge is 2.47. The van der Waals surface area contributed by atoms with E-state index in [1.54, 1.807) is 74.7 Å². The second-order valence-electron chi connectivity index (χ2n) is 26.3. The van der Waals surface area contributed by atoms with Crippen molar-refractivity contribution in [2.75, 3.05) is 38.2 Å². The Labute approximate surface area is 582 Å². The molecule has 0 aliphatic carbocycles. The standard InChI is InChI=1S/C70H100N12O16S/c1-6-42(4)59(66(93)75-51(70(97)98)17-10-11-32-71)79-62(89)49(29-30-58(85)86)73-63(90)52(38-43-15-8-7-9-16-43)76-61(88)50(31-36-99-5)74-64(91)53(39-44-21-25-46(83)26-22-44)77-65(92)55-18-12-33-80(55)68(95)57-20-14-35-82(57)69(96)56-19-13-34-81(56)67(94)54(40-45-23-27-47(84)28-24-45)78-60(87)48(72)37-41(2)3/h7-9,15-16,21-28,41-42,48-57,59,83-84H,6,10-14,17-20,29-40,71-72H2,1-5H3,(H,73,90)(H,74,91)(H,75,93)(H,76,88)(H,77,92)(H,78,87)(H,79,89)(H,85,86)(H,97,98)/t42-,48-,49-,50-,51-,52-,53-,54-,55-,56-,57-,59-/m0/s1. The lowest BCUT2D eigenvalue weighted by atomic mass is 9.96. The number of nitrogens with two attached hydrogens (primary N) is 2. The lowest BCUT2D eigenvalue weighted by molar-refractivity contribution is -0.151. The number of rotatable bonds is 38. The number of carboxylic acid groups (broad SMARTS) is 2. The Morgan fingerprint density at radius 2 is 0.980 bits per heavy atom. The van der Waals surface area contributed by atoms with Gasteiger partial charge in [-0.05, 0) is 148 Å². The summed E-state index contributed by atoms with van der Waals surface area (Å²) in [6, 6.07) is 6.93. The van der Waals surface area contributed by atoms with Gasteiger partial charge in [0.2, 0.25) is 59.1 Å². The number of carboxylic acids is 2. The van der Waals surface area contributed by atoms with Crippen LogP contribution < -0.4 is 48.7 Å². The van der Waals surface area contributed by atoms with Crippen molar-refractivity contribution in [1.29, 1.82) is 0 Å². The molecule has 0 unspecified atom stereocenters. The molecule has 10 amide bonds. The van der Waals surface area contributed by atoms with Crippen LogP contribution in [0.5, 0.6) is 11.5 Å². The minimum atomic E-state index is -1.60. The number of carbonyl (C=O) groups excluding carboxylic acids is 10. The summed E-state index contributed by atoms with van der Waals surface area (Å²) in [4.78, 5) is 173. The number of nitrogens with one attached hydrogen (secondary N) is 7. The SMILES string of the molecule is CC[C@H](C)[C@H](NC(=O)[C@H](CCC(=O)O)NC(=O)[C@H](Cc1ccccc1)NC(=O)[C@H](CCSC)NC(=O)[C@H](Cc1ccc(O)cc1)NC(=O)[C@@H]1CCCN1C(=O)[C@@H]1CCCN1C(=O)[C@@H]1CCCN1C(=O)[C@H](Cc1ccc(O)cc1)NC(=O)[C@@H](N)CC(C)C)C(=O)N[C@@H](CCCCN)C(=O)O. The zero-order chi connectivity index (χ0) is 72.5. The van der Waals surface area contributed by atoms with Crippen molar-refractivity contribution in [3.05, 3.63) is 95.6 Å². The largest absolute Gasteiger partial charge is 0.508 e. The first-order valence-corrected chi connectivity index (χ1v) is 35.7. The maximum Gasteiger partial charge on any atom is 0.326 e. The molecule has 15 N–H and O–H groups in total. The molecule has 3 aliphatic heterocycles. The first kappa shape index (κ1) is 79.2. The highest BCUT2D eigenvalue weighted by atomic mass is 32.2. The summed E-state index contributed by atoms with van der Waals surface area (Å²) in [7, 11) is 0. The number of amides is 10. The number of phenols is 2. The van der Waals surface area contributed by atoms with Crippen LogP contribution in [0.25, 0.3) is 0 Å². The van der Waals surface area contributed by atoms with E-state index in [-0.39, 0.29) is 88.4 Å². The topological polar surface area (TPSA) is 432 Å². The van der Waals surface area contributed by atoms with Gasteiger partial charge in [0.25, 0.3) is 0 Å². The smallest absolute Gasteiger partial charge is 0.326 e. The van der Waals surface area contributed by atoms with E-state index < -0.39 is 156 Å². The predicted octanol–water partition coefficient (Wildman–Crippen LogP) is 1.74. The van der Waals surface area contributed by atoms with Crippen molar-refractivity contribution in [2.24, 2.45) is 23.3 Å². The van der Waals surface area contributed by atoms with Crippen molar-refractivity contribution >= 4 is 82.8 Å². The Morgan fingerprint density at radius 1 is 0.525 bits per heavy atom. The fraction of sp³-hybridized carbons (Fsp3) is 0.571. The van der Waals surface area contributed by atoms with Gasteiger partial charge in [0.1, 0.15) is 71.9 Å². The molecular weight excluding hydrogens is 1300 g/mol. The molecule has 99 heavy (non-hydrogen) atoms. The summed E-state index contributed by atoms with van der Waals surface area (Å²) in [6.07, 6.45) is 4.06. The maximum absolute atomic E-state index is 14.9. The highest BCUT2D eigenvalue weighted by molar-refractivity contribution is 7.98. The minimum Gasteiger partial charge on any atom is -0.508 e. The Balaban J connectivity index is 1.20. The zero-order valence-electron chi connectivity index (χ0n) is 57.2. The molecule has 0 spiro atoms. The molecule has 3 saturated heterocycles. The summed E-state index contributed by atoms with van der Waals surface area (Å²) in [5, 5.41) is 58.7. The summed E-state index contributed by atoms with van der Waals surface area (Å²) in [5.74, 6) is -9.96. The average Bonchev–Trinajstić information content (AvgIpc) is 1.78. The number of aromatic hydroxyl groups is 2. The fourth-order valence-electron chi connectivity index (χ4n) is 12.7. The number of unbranched alkanes of at least 4 members (excludes halogenated alkanes) is 1. The van der Waals surface area contributed by atoms with Crippen LogP contribution in [0.3, 0.4) is 0 Å². The summed E-state index contributed by atoms with van der Waals surface area (Å²) in [5.41, 5.74) is 13.5. The van der Waals surface area contributed by atoms with Gasteiger partial charge in [-0.1, -0.05) is 88.7 Å². The number of carbonyl (C=O) groups is 12. The molecule has 0 bridgehead atoms. The Morgan fingerprint density at radius 3 is 1.51 bits per heavy atom. The molecule has 3 heterocycles. The predicted molar refractivity (Wildman–Crippen MR) is 369 cm³/mol. The van der Waals surface area contributed by atoms with Crippen LogP contribution in [0, 0.1) is 11.8 Å². The molecule has 3 aliphatic rings.